The van der Waals surface area contributed by atoms with Gasteiger partial charge in [0.15, 0.2) is 0 Å². The predicted octanol–water partition coefficient (Wildman–Crippen LogP) is 4.39. The highest BCUT2D eigenvalue weighted by molar-refractivity contribution is 7.89. The van der Waals surface area contributed by atoms with Crippen LogP contribution in [-0.4, -0.2) is 60.1 Å². The second-order valence-electron chi connectivity index (χ2n) is 8.81. The Morgan fingerprint density at radius 2 is 1.51 bits per heavy atom. The average Bonchev–Trinajstić information content (AvgIpc) is 2.85. The molecule has 6 nitrogen and oxygen atoms in total. The Kier molecular flexibility index (Phi) is 7.96. The number of halogens is 2. The number of nitrogens with zero attached hydrogens (tertiary/aromatic N) is 3. The third kappa shape index (κ3) is 6.32. The summed E-state index contributed by atoms with van der Waals surface area (Å²) in [5.41, 5.74) is 3.11. The van der Waals surface area contributed by atoms with E-state index in [-0.39, 0.29) is 23.3 Å². The molecule has 3 aromatic rings. The summed E-state index contributed by atoms with van der Waals surface area (Å²) in [5, 5.41) is 0.488. The Balaban J connectivity index is 1.51. The van der Waals surface area contributed by atoms with Crippen LogP contribution in [0.2, 0.25) is 5.02 Å². The lowest BCUT2D eigenvalue weighted by molar-refractivity contribution is 0.187. The van der Waals surface area contributed by atoms with Gasteiger partial charge in [-0.1, -0.05) is 23.7 Å². The topological polar surface area (TPSA) is 55.9 Å². The van der Waals surface area contributed by atoms with Crippen LogP contribution in [0.15, 0.2) is 77.7 Å². The molecule has 0 radical (unpaired) electrons. The molecule has 0 aromatic heterocycles. The van der Waals surface area contributed by atoms with Crippen LogP contribution in [0.3, 0.4) is 0 Å². The van der Waals surface area contributed by atoms with E-state index in [0.29, 0.717) is 5.02 Å². The number of benzene rings is 3. The molecule has 186 valence electrons. The number of nitrogens with one attached hydrogen (secondary N) is 1. The van der Waals surface area contributed by atoms with E-state index >= 15 is 0 Å². The van der Waals surface area contributed by atoms with Crippen molar-refractivity contribution < 1.29 is 12.8 Å². The van der Waals surface area contributed by atoms with Crippen LogP contribution in [0.1, 0.15) is 11.6 Å². The highest BCUT2D eigenvalue weighted by Crippen LogP contribution is 2.26. The minimum atomic E-state index is -3.69. The molecule has 1 aliphatic heterocycles. The zero-order valence-electron chi connectivity index (χ0n) is 19.9. The molecule has 0 saturated carbocycles. The fourth-order valence-corrected chi connectivity index (χ4v) is 5.45. The van der Waals surface area contributed by atoms with E-state index in [0.717, 1.165) is 43.1 Å². The first-order chi connectivity index (χ1) is 16.7. The average molecular weight is 517 g/mol. The molecule has 0 aliphatic carbocycles. The molecule has 0 amide bonds. The van der Waals surface area contributed by atoms with Gasteiger partial charge in [-0.15, -0.1) is 0 Å². The number of sulfonamides is 1. The molecule has 3 aromatic carbocycles. The van der Waals surface area contributed by atoms with Crippen molar-refractivity contribution in [1.29, 1.82) is 0 Å². The van der Waals surface area contributed by atoms with Crippen LogP contribution in [-0.2, 0) is 10.0 Å². The first kappa shape index (κ1) is 25.4. The maximum atomic E-state index is 13.3. The summed E-state index contributed by atoms with van der Waals surface area (Å²) >= 11 is 5.92. The molecule has 1 heterocycles. The standard InChI is InChI=1S/C26H30ClFN4O2S/c1-30(2)23-9-3-20(4-10-23)26(19-29-35(33,34)25-13-5-21(27)6-14-25)32-17-15-31(16-18-32)24-11-7-22(28)8-12-24/h3-14,26,29H,15-19H2,1-2H3. The van der Waals surface area contributed by atoms with Gasteiger partial charge in [0.05, 0.1) is 4.90 Å². The lowest BCUT2D eigenvalue weighted by Crippen LogP contribution is -2.49. The van der Waals surface area contributed by atoms with Crippen LogP contribution in [0.4, 0.5) is 15.8 Å². The molecule has 1 fully saturated rings. The molecule has 1 aliphatic rings. The normalized spacial score (nSPS) is 15.7. The van der Waals surface area contributed by atoms with Crippen molar-refractivity contribution in [2.24, 2.45) is 0 Å². The zero-order valence-corrected chi connectivity index (χ0v) is 21.4. The van der Waals surface area contributed by atoms with Gasteiger partial charge in [-0.2, -0.15) is 0 Å². The minimum absolute atomic E-state index is 0.136. The number of piperazine rings is 1. The molecule has 0 bridgehead atoms. The number of hydrogen-bond donors (Lipinski definition) is 1. The van der Waals surface area contributed by atoms with Crippen molar-refractivity contribution in [3.63, 3.8) is 0 Å². The van der Waals surface area contributed by atoms with E-state index in [1.807, 2.05) is 31.1 Å². The van der Waals surface area contributed by atoms with Gasteiger partial charge in [0.1, 0.15) is 5.82 Å². The maximum Gasteiger partial charge on any atom is 0.240 e. The Morgan fingerprint density at radius 3 is 2.09 bits per heavy atom. The predicted molar refractivity (Wildman–Crippen MR) is 140 cm³/mol. The van der Waals surface area contributed by atoms with Crippen LogP contribution in [0.5, 0.6) is 0 Å². The summed E-state index contributed by atoms with van der Waals surface area (Å²) in [4.78, 5) is 6.74. The first-order valence-electron chi connectivity index (χ1n) is 11.5. The monoisotopic (exact) mass is 516 g/mol. The van der Waals surface area contributed by atoms with E-state index in [2.05, 4.69) is 26.7 Å². The minimum Gasteiger partial charge on any atom is -0.378 e. The fourth-order valence-electron chi connectivity index (χ4n) is 4.28. The van der Waals surface area contributed by atoms with Gasteiger partial charge in [0.25, 0.3) is 0 Å². The third-order valence-electron chi connectivity index (χ3n) is 6.33. The van der Waals surface area contributed by atoms with Crippen LogP contribution < -0.4 is 14.5 Å². The molecule has 1 saturated heterocycles. The molecule has 1 N–H and O–H groups in total. The third-order valence-corrected chi connectivity index (χ3v) is 8.02. The summed E-state index contributed by atoms with van der Waals surface area (Å²) in [7, 11) is 0.287. The van der Waals surface area contributed by atoms with Crippen LogP contribution >= 0.6 is 11.6 Å². The molecule has 9 heteroatoms. The number of hydrogen-bond acceptors (Lipinski definition) is 5. The Hall–Kier alpha value is -2.65. The van der Waals surface area contributed by atoms with E-state index in [1.54, 1.807) is 24.3 Å². The molecule has 1 unspecified atom stereocenters. The van der Waals surface area contributed by atoms with Crippen molar-refractivity contribution in [2.45, 2.75) is 10.9 Å². The Morgan fingerprint density at radius 1 is 0.914 bits per heavy atom. The van der Waals surface area contributed by atoms with Crippen molar-refractivity contribution in [2.75, 3.05) is 56.6 Å². The molecule has 35 heavy (non-hydrogen) atoms. The van der Waals surface area contributed by atoms with Gasteiger partial charge in [0.2, 0.25) is 10.0 Å². The molecular formula is C26H30ClFN4O2S. The summed E-state index contributed by atoms with van der Waals surface area (Å²) in [6, 6.07) is 20.8. The second kappa shape index (κ2) is 11.0. The highest BCUT2D eigenvalue weighted by atomic mass is 35.5. The van der Waals surface area contributed by atoms with Gasteiger partial charge in [0, 0.05) is 69.3 Å². The molecule has 4 rings (SSSR count). The van der Waals surface area contributed by atoms with Crippen molar-refractivity contribution in [3.05, 3.63) is 89.2 Å². The zero-order chi connectivity index (χ0) is 25.0. The highest BCUT2D eigenvalue weighted by Gasteiger charge is 2.27. The lowest BCUT2D eigenvalue weighted by atomic mass is 10.0. The quantitative estimate of drug-likeness (QED) is 0.481. The summed E-state index contributed by atoms with van der Waals surface area (Å²) in [6.45, 7) is 3.27. The van der Waals surface area contributed by atoms with E-state index in [4.69, 9.17) is 11.6 Å². The van der Waals surface area contributed by atoms with E-state index in [9.17, 15) is 12.8 Å². The SMILES string of the molecule is CN(C)c1ccc(C(CNS(=O)(=O)c2ccc(Cl)cc2)N2CCN(c3ccc(F)cc3)CC2)cc1. The van der Waals surface area contributed by atoms with Crippen molar-refractivity contribution in [1.82, 2.24) is 9.62 Å². The lowest BCUT2D eigenvalue weighted by Gasteiger charge is -2.40. The van der Waals surface area contributed by atoms with Gasteiger partial charge in [-0.05, 0) is 66.2 Å². The van der Waals surface area contributed by atoms with Gasteiger partial charge in [-0.25, -0.2) is 17.5 Å². The molecule has 1 atom stereocenters. The summed E-state index contributed by atoms with van der Waals surface area (Å²) in [6.07, 6.45) is 0. The largest absolute Gasteiger partial charge is 0.378 e. The Bertz CT molecular complexity index is 1210. The molecular weight excluding hydrogens is 487 g/mol. The molecule has 0 spiro atoms. The second-order valence-corrected chi connectivity index (χ2v) is 11.0. The van der Waals surface area contributed by atoms with E-state index in [1.165, 1.54) is 24.3 Å². The Labute approximate surface area is 212 Å². The smallest absolute Gasteiger partial charge is 0.240 e. The maximum absolute atomic E-state index is 13.3. The van der Waals surface area contributed by atoms with Crippen LogP contribution in [0.25, 0.3) is 0 Å². The van der Waals surface area contributed by atoms with Gasteiger partial charge >= 0.3 is 0 Å². The fraction of sp³-hybridized carbons (Fsp3) is 0.308. The van der Waals surface area contributed by atoms with Gasteiger partial charge < -0.3 is 9.80 Å². The van der Waals surface area contributed by atoms with E-state index < -0.39 is 10.0 Å². The van der Waals surface area contributed by atoms with Crippen molar-refractivity contribution >= 4 is 33.0 Å². The summed E-state index contributed by atoms with van der Waals surface area (Å²) in [5.74, 6) is -0.249. The van der Waals surface area contributed by atoms with Crippen LogP contribution in [0, 0.1) is 5.82 Å². The number of anilines is 2. The summed E-state index contributed by atoms with van der Waals surface area (Å²) < 4.78 is 42.0. The number of rotatable bonds is 8. The van der Waals surface area contributed by atoms with Crippen molar-refractivity contribution in [3.8, 4) is 0 Å². The first-order valence-corrected chi connectivity index (χ1v) is 13.4. The van der Waals surface area contributed by atoms with Gasteiger partial charge in [-0.3, -0.25) is 4.90 Å².